The Morgan fingerprint density at radius 3 is 2.33 bits per heavy atom. The molecule has 8 nitrogen and oxygen atoms in total. The zero-order valence-electron chi connectivity index (χ0n) is 10.4. The van der Waals surface area contributed by atoms with Crippen LogP contribution in [0.15, 0.2) is 0 Å². The minimum Gasteiger partial charge on any atom is -0.480 e. The van der Waals surface area contributed by atoms with E-state index in [0.717, 1.165) is 0 Å². The molecule has 0 heterocycles. The van der Waals surface area contributed by atoms with Gasteiger partial charge in [-0.15, -0.1) is 0 Å². The van der Waals surface area contributed by atoms with Crippen molar-refractivity contribution < 1.29 is 24.6 Å². The zero-order valence-corrected chi connectivity index (χ0v) is 10.4. The lowest BCUT2D eigenvalue weighted by Gasteiger charge is -2.25. The summed E-state index contributed by atoms with van der Waals surface area (Å²) in [7, 11) is 1.43. The van der Waals surface area contributed by atoms with Gasteiger partial charge in [-0.05, 0) is 13.3 Å². The highest BCUT2D eigenvalue weighted by Crippen LogP contribution is 2.01. The van der Waals surface area contributed by atoms with E-state index < -0.39 is 30.0 Å². The number of carbonyl (C=O) groups excluding carboxylic acids is 2. The van der Waals surface area contributed by atoms with Crippen LogP contribution in [0.1, 0.15) is 19.8 Å². The number of likely N-dealkylation sites (N-methyl/N-ethyl adjacent to an activating group) is 1. The minimum absolute atomic E-state index is 0.0717. The summed E-state index contributed by atoms with van der Waals surface area (Å²) in [4.78, 5) is 34.3. The fourth-order valence-electron chi connectivity index (χ4n) is 1.12. The molecular weight excluding hydrogens is 242 g/mol. The monoisotopic (exact) mass is 261 g/mol. The van der Waals surface area contributed by atoms with Gasteiger partial charge in [0.25, 0.3) is 0 Å². The van der Waals surface area contributed by atoms with E-state index in [1.807, 2.05) is 0 Å². The maximum atomic E-state index is 11.6. The Morgan fingerprint density at radius 1 is 1.39 bits per heavy atom. The number of primary amides is 1. The Hall–Kier alpha value is -1.83. The van der Waals surface area contributed by atoms with Gasteiger partial charge in [0.05, 0.1) is 12.6 Å². The number of hydrogen-bond acceptors (Lipinski definition) is 4. The van der Waals surface area contributed by atoms with Crippen molar-refractivity contribution in [3.05, 3.63) is 0 Å². The second-order valence-electron chi connectivity index (χ2n) is 3.99. The second-order valence-corrected chi connectivity index (χ2v) is 3.99. The predicted octanol–water partition coefficient (Wildman–Crippen LogP) is -1.27. The van der Waals surface area contributed by atoms with Gasteiger partial charge in [-0.3, -0.25) is 4.79 Å². The van der Waals surface area contributed by atoms with Gasteiger partial charge >= 0.3 is 12.0 Å². The number of nitrogens with one attached hydrogen (secondary N) is 1. The smallest absolute Gasteiger partial charge is 0.326 e. The van der Waals surface area contributed by atoms with Gasteiger partial charge in [0.2, 0.25) is 5.91 Å². The first-order chi connectivity index (χ1) is 8.29. The molecule has 0 rings (SSSR count). The van der Waals surface area contributed by atoms with E-state index in [1.54, 1.807) is 6.92 Å². The molecule has 0 bridgehead atoms. The van der Waals surface area contributed by atoms with Gasteiger partial charge in [-0.1, -0.05) is 0 Å². The molecule has 0 radical (unpaired) electrons. The fourth-order valence-corrected chi connectivity index (χ4v) is 1.12. The molecule has 2 unspecified atom stereocenters. The van der Waals surface area contributed by atoms with Crippen molar-refractivity contribution in [2.75, 3.05) is 13.7 Å². The van der Waals surface area contributed by atoms with Crippen LogP contribution >= 0.6 is 0 Å². The molecule has 0 aliphatic rings. The third-order valence-electron chi connectivity index (χ3n) is 2.52. The van der Waals surface area contributed by atoms with Crippen LogP contribution in [0.3, 0.4) is 0 Å². The Labute approximate surface area is 105 Å². The first-order valence-electron chi connectivity index (χ1n) is 5.44. The summed E-state index contributed by atoms with van der Waals surface area (Å²) >= 11 is 0. The minimum atomic E-state index is -1.24. The number of carbonyl (C=O) groups is 3. The number of carboxylic acid groups (broad SMARTS) is 1. The topological polar surface area (TPSA) is 133 Å². The van der Waals surface area contributed by atoms with E-state index >= 15 is 0 Å². The molecule has 104 valence electrons. The van der Waals surface area contributed by atoms with Crippen LogP contribution in [-0.4, -0.2) is 58.8 Å². The van der Waals surface area contributed by atoms with Crippen LogP contribution in [0.5, 0.6) is 0 Å². The van der Waals surface area contributed by atoms with Crippen LogP contribution < -0.4 is 11.1 Å². The molecule has 2 atom stereocenters. The molecule has 0 saturated heterocycles. The quantitative estimate of drug-likeness (QED) is 0.453. The zero-order chi connectivity index (χ0) is 14.3. The molecule has 0 aromatic carbocycles. The van der Waals surface area contributed by atoms with Crippen molar-refractivity contribution >= 4 is 17.9 Å². The molecule has 3 amide bonds. The molecule has 0 aromatic heterocycles. The normalized spacial score (nSPS) is 13.5. The number of nitrogens with two attached hydrogens (primary N) is 1. The van der Waals surface area contributed by atoms with E-state index in [9.17, 15) is 14.4 Å². The largest absolute Gasteiger partial charge is 0.480 e. The molecule has 18 heavy (non-hydrogen) atoms. The summed E-state index contributed by atoms with van der Waals surface area (Å²) in [5.41, 5.74) is 4.91. The summed E-state index contributed by atoms with van der Waals surface area (Å²) in [6, 6.07) is -2.25. The average molecular weight is 261 g/mol. The van der Waals surface area contributed by atoms with E-state index in [2.05, 4.69) is 5.32 Å². The van der Waals surface area contributed by atoms with E-state index in [0.29, 0.717) is 0 Å². The number of urea groups is 1. The summed E-state index contributed by atoms with van der Waals surface area (Å²) in [6.45, 7) is 1.38. The molecule has 5 N–H and O–H groups in total. The first-order valence-corrected chi connectivity index (χ1v) is 5.44. The van der Waals surface area contributed by atoms with E-state index in [-0.39, 0.29) is 19.4 Å². The van der Waals surface area contributed by atoms with Gasteiger partial charge in [-0.25, -0.2) is 9.59 Å². The molecule has 8 heteroatoms. The van der Waals surface area contributed by atoms with Crippen LogP contribution in [-0.2, 0) is 9.59 Å². The number of carboxylic acids is 1. The lowest BCUT2D eigenvalue weighted by molar-refractivity contribution is -0.139. The van der Waals surface area contributed by atoms with Gasteiger partial charge in [0.15, 0.2) is 0 Å². The third-order valence-corrected chi connectivity index (χ3v) is 2.52. The second kappa shape index (κ2) is 7.49. The third kappa shape index (κ3) is 5.48. The number of aliphatic carboxylic acids is 1. The Morgan fingerprint density at radius 2 is 1.94 bits per heavy atom. The summed E-state index contributed by atoms with van der Waals surface area (Å²) in [6.07, 6.45) is -0.200. The highest BCUT2D eigenvalue weighted by Gasteiger charge is 2.23. The summed E-state index contributed by atoms with van der Waals surface area (Å²) < 4.78 is 0. The fraction of sp³-hybridized carbons (Fsp3) is 0.700. The van der Waals surface area contributed by atoms with Crippen LogP contribution in [0.25, 0.3) is 0 Å². The Kier molecular flexibility index (Phi) is 6.73. The standard InChI is InChI=1S/C10H19N3O5/c1-6(5-14)13(2)10(18)12-7(9(16)17)3-4-8(11)15/h6-7,14H,3-5H2,1-2H3,(H2,11,15)(H,12,18)(H,16,17). The van der Waals surface area contributed by atoms with Crippen LogP contribution in [0.4, 0.5) is 4.79 Å². The number of aliphatic hydroxyl groups excluding tert-OH is 1. The lowest BCUT2D eigenvalue weighted by Crippen LogP contribution is -2.50. The molecule has 0 aliphatic carbocycles. The maximum absolute atomic E-state index is 11.6. The molecule has 0 aliphatic heterocycles. The van der Waals surface area contributed by atoms with Crippen molar-refractivity contribution in [2.24, 2.45) is 5.73 Å². The molecule has 0 spiro atoms. The van der Waals surface area contributed by atoms with Gasteiger partial charge < -0.3 is 26.2 Å². The van der Waals surface area contributed by atoms with Gasteiger partial charge in [0.1, 0.15) is 6.04 Å². The van der Waals surface area contributed by atoms with Gasteiger partial charge in [0, 0.05) is 13.5 Å². The highest BCUT2D eigenvalue weighted by atomic mass is 16.4. The van der Waals surface area contributed by atoms with Crippen molar-refractivity contribution in [1.82, 2.24) is 10.2 Å². The van der Waals surface area contributed by atoms with E-state index in [4.69, 9.17) is 15.9 Å². The van der Waals surface area contributed by atoms with Crippen molar-refractivity contribution in [3.63, 3.8) is 0 Å². The Bertz CT molecular complexity index is 321. The lowest BCUT2D eigenvalue weighted by atomic mass is 10.1. The summed E-state index contributed by atoms with van der Waals surface area (Å²) in [5.74, 6) is -1.87. The molecular formula is C10H19N3O5. The summed E-state index contributed by atoms with van der Waals surface area (Å²) in [5, 5.41) is 20.0. The predicted molar refractivity (Wildman–Crippen MR) is 62.7 cm³/mol. The van der Waals surface area contributed by atoms with Crippen molar-refractivity contribution in [3.8, 4) is 0 Å². The van der Waals surface area contributed by atoms with Crippen molar-refractivity contribution in [1.29, 1.82) is 0 Å². The number of hydrogen-bond donors (Lipinski definition) is 4. The number of aliphatic hydroxyl groups is 1. The van der Waals surface area contributed by atoms with Crippen LogP contribution in [0.2, 0.25) is 0 Å². The Balaban J connectivity index is 4.45. The number of nitrogens with zero attached hydrogens (tertiary/aromatic N) is 1. The number of rotatable bonds is 7. The van der Waals surface area contributed by atoms with Crippen LogP contribution in [0, 0.1) is 0 Å². The number of amides is 3. The maximum Gasteiger partial charge on any atom is 0.326 e. The molecule has 0 fully saturated rings. The molecule has 0 saturated carbocycles. The highest BCUT2D eigenvalue weighted by molar-refractivity contribution is 5.83. The SMILES string of the molecule is CC(CO)N(C)C(=O)NC(CCC(N)=O)C(=O)O. The first kappa shape index (κ1) is 16.2. The van der Waals surface area contributed by atoms with E-state index in [1.165, 1.54) is 11.9 Å². The van der Waals surface area contributed by atoms with Crippen molar-refractivity contribution in [2.45, 2.75) is 31.8 Å². The van der Waals surface area contributed by atoms with Gasteiger partial charge in [-0.2, -0.15) is 0 Å². The average Bonchev–Trinajstić information content (AvgIpc) is 2.31. The molecule has 0 aromatic rings.